The summed E-state index contributed by atoms with van der Waals surface area (Å²) in [6.45, 7) is 4.26. The molecular formula is C6H14N2O2S. The highest BCUT2D eigenvalue weighted by Crippen LogP contribution is 2.07. The van der Waals surface area contributed by atoms with Crippen molar-refractivity contribution in [1.82, 2.24) is 9.21 Å². The van der Waals surface area contributed by atoms with Gasteiger partial charge in [0, 0.05) is 20.1 Å². The molecule has 11 heavy (non-hydrogen) atoms. The fourth-order valence-corrected chi connectivity index (χ4v) is 2.39. The molecule has 1 aliphatic heterocycles. The van der Waals surface area contributed by atoms with Gasteiger partial charge in [0.1, 0.15) is 5.88 Å². The number of hydrogen-bond donors (Lipinski definition) is 0. The highest BCUT2D eigenvalue weighted by atomic mass is 32.2. The maximum atomic E-state index is 11.2. The summed E-state index contributed by atoms with van der Waals surface area (Å²) in [6, 6.07) is 0. The van der Waals surface area contributed by atoms with Crippen LogP contribution in [0.2, 0.25) is 0 Å². The molecule has 1 heterocycles. The van der Waals surface area contributed by atoms with Gasteiger partial charge in [-0.1, -0.05) is 6.92 Å². The minimum absolute atomic E-state index is 0.181. The molecule has 0 radical (unpaired) electrons. The molecule has 1 fully saturated rings. The second-order valence-corrected chi connectivity index (χ2v) is 4.82. The van der Waals surface area contributed by atoms with Gasteiger partial charge >= 0.3 is 0 Å². The fourth-order valence-electron chi connectivity index (χ4n) is 1.06. The van der Waals surface area contributed by atoms with Crippen LogP contribution in [0.5, 0.6) is 0 Å². The first-order valence-electron chi connectivity index (χ1n) is 3.72. The van der Waals surface area contributed by atoms with E-state index in [0.29, 0.717) is 6.54 Å². The number of nitrogens with zero attached hydrogens (tertiary/aromatic N) is 2. The van der Waals surface area contributed by atoms with Crippen LogP contribution in [0, 0.1) is 0 Å². The van der Waals surface area contributed by atoms with Crippen LogP contribution in [0.4, 0.5) is 0 Å². The molecule has 1 rings (SSSR count). The van der Waals surface area contributed by atoms with Crippen molar-refractivity contribution in [3.63, 3.8) is 0 Å². The van der Waals surface area contributed by atoms with E-state index in [2.05, 4.69) is 0 Å². The zero-order chi connectivity index (χ0) is 8.48. The standard InChI is InChI=1S/C6H14N2O2S/c1-3-8-5-4-7(2)11(9,10)6-8/h3-6H2,1-2H3. The van der Waals surface area contributed by atoms with Gasteiger partial charge in [0.05, 0.1) is 0 Å². The summed E-state index contributed by atoms with van der Waals surface area (Å²) in [7, 11) is -1.34. The lowest BCUT2D eigenvalue weighted by Gasteiger charge is -2.30. The minimum Gasteiger partial charge on any atom is -0.288 e. The molecular weight excluding hydrogens is 164 g/mol. The molecule has 5 heteroatoms. The van der Waals surface area contributed by atoms with Crippen molar-refractivity contribution < 1.29 is 8.42 Å². The normalized spacial score (nSPS) is 27.1. The van der Waals surface area contributed by atoms with E-state index >= 15 is 0 Å². The van der Waals surface area contributed by atoms with Crippen molar-refractivity contribution in [1.29, 1.82) is 0 Å². The van der Waals surface area contributed by atoms with Crippen LogP contribution in [0.25, 0.3) is 0 Å². The molecule has 0 amide bonds. The molecule has 0 spiro atoms. The van der Waals surface area contributed by atoms with E-state index < -0.39 is 10.0 Å². The molecule has 0 atom stereocenters. The quantitative estimate of drug-likeness (QED) is 0.545. The Labute approximate surface area is 67.8 Å². The molecule has 1 saturated heterocycles. The fraction of sp³-hybridized carbons (Fsp3) is 1.00. The van der Waals surface area contributed by atoms with Gasteiger partial charge in [-0.3, -0.25) is 4.90 Å². The number of sulfonamides is 1. The van der Waals surface area contributed by atoms with E-state index in [1.807, 2.05) is 11.8 Å². The predicted molar refractivity (Wildman–Crippen MR) is 43.7 cm³/mol. The van der Waals surface area contributed by atoms with Crippen LogP contribution >= 0.6 is 0 Å². The van der Waals surface area contributed by atoms with Gasteiger partial charge in [0.15, 0.2) is 0 Å². The van der Waals surface area contributed by atoms with Gasteiger partial charge in [-0.15, -0.1) is 0 Å². The Balaban J connectivity index is 2.67. The SMILES string of the molecule is CCN1CCN(C)S(=O)(=O)C1. The Morgan fingerprint density at radius 2 is 2.00 bits per heavy atom. The van der Waals surface area contributed by atoms with Crippen LogP contribution in [-0.2, 0) is 10.0 Å². The van der Waals surface area contributed by atoms with Crippen LogP contribution in [0.15, 0.2) is 0 Å². The van der Waals surface area contributed by atoms with Crippen molar-refractivity contribution in [2.75, 3.05) is 32.6 Å². The predicted octanol–water partition coefficient (Wildman–Crippen LogP) is -0.459. The van der Waals surface area contributed by atoms with Crippen LogP contribution in [-0.4, -0.2) is 50.2 Å². The van der Waals surface area contributed by atoms with Crippen LogP contribution < -0.4 is 0 Å². The summed E-state index contributed by atoms with van der Waals surface area (Å²) in [4.78, 5) is 1.93. The molecule has 66 valence electrons. The zero-order valence-corrected chi connectivity index (χ0v) is 7.76. The Bertz CT molecular complexity index is 225. The molecule has 0 unspecified atom stereocenters. The van der Waals surface area contributed by atoms with Crippen molar-refractivity contribution in [3.8, 4) is 0 Å². The zero-order valence-electron chi connectivity index (χ0n) is 6.95. The highest BCUT2D eigenvalue weighted by Gasteiger charge is 2.25. The molecule has 0 aromatic rings. The van der Waals surface area contributed by atoms with Crippen molar-refractivity contribution >= 4 is 10.0 Å². The van der Waals surface area contributed by atoms with E-state index in [0.717, 1.165) is 13.1 Å². The van der Waals surface area contributed by atoms with Gasteiger partial charge in [-0.05, 0) is 6.54 Å². The van der Waals surface area contributed by atoms with Gasteiger partial charge in [-0.25, -0.2) is 12.7 Å². The molecule has 0 aromatic heterocycles. The summed E-state index contributed by atoms with van der Waals surface area (Å²) >= 11 is 0. The molecule has 4 nitrogen and oxygen atoms in total. The lowest BCUT2D eigenvalue weighted by Crippen LogP contribution is -2.47. The molecule has 0 N–H and O–H groups in total. The van der Waals surface area contributed by atoms with Crippen molar-refractivity contribution in [2.24, 2.45) is 0 Å². The molecule has 0 aliphatic carbocycles. The Hall–Kier alpha value is -0.130. The average molecular weight is 178 g/mol. The van der Waals surface area contributed by atoms with Gasteiger partial charge < -0.3 is 0 Å². The first-order chi connectivity index (χ1) is 5.06. The summed E-state index contributed by atoms with van der Waals surface area (Å²) < 4.78 is 23.9. The van der Waals surface area contributed by atoms with Crippen LogP contribution in [0.3, 0.4) is 0 Å². The molecule has 0 bridgehead atoms. The number of rotatable bonds is 1. The van der Waals surface area contributed by atoms with E-state index in [1.54, 1.807) is 7.05 Å². The second-order valence-electron chi connectivity index (χ2n) is 2.77. The average Bonchev–Trinajstić information content (AvgIpc) is 1.95. The third-order valence-electron chi connectivity index (χ3n) is 2.00. The second kappa shape index (κ2) is 3.08. The largest absolute Gasteiger partial charge is 0.288 e. The maximum Gasteiger partial charge on any atom is 0.227 e. The topological polar surface area (TPSA) is 40.6 Å². The highest BCUT2D eigenvalue weighted by molar-refractivity contribution is 7.89. The summed E-state index contributed by atoms with van der Waals surface area (Å²) in [5, 5.41) is 0. The Morgan fingerprint density at radius 3 is 2.45 bits per heavy atom. The first-order valence-corrected chi connectivity index (χ1v) is 5.33. The lowest BCUT2D eigenvalue weighted by molar-refractivity contribution is 0.270. The van der Waals surface area contributed by atoms with Gasteiger partial charge in [0.25, 0.3) is 0 Å². The summed E-state index contributed by atoms with van der Waals surface area (Å²) in [6.07, 6.45) is 0. The molecule has 0 aromatic carbocycles. The number of likely N-dealkylation sites (N-methyl/N-ethyl adjacent to an activating group) is 2. The third-order valence-corrected chi connectivity index (χ3v) is 3.82. The van der Waals surface area contributed by atoms with Crippen molar-refractivity contribution in [2.45, 2.75) is 6.92 Å². The van der Waals surface area contributed by atoms with Gasteiger partial charge in [-0.2, -0.15) is 0 Å². The molecule has 0 saturated carbocycles. The lowest BCUT2D eigenvalue weighted by atomic mass is 10.5. The third kappa shape index (κ3) is 1.91. The van der Waals surface area contributed by atoms with Crippen molar-refractivity contribution in [3.05, 3.63) is 0 Å². The maximum absolute atomic E-state index is 11.2. The van der Waals surface area contributed by atoms with Gasteiger partial charge in [0.2, 0.25) is 10.0 Å². The monoisotopic (exact) mass is 178 g/mol. The van der Waals surface area contributed by atoms with Crippen LogP contribution in [0.1, 0.15) is 6.92 Å². The van der Waals surface area contributed by atoms with E-state index in [4.69, 9.17) is 0 Å². The van der Waals surface area contributed by atoms with E-state index in [9.17, 15) is 8.42 Å². The summed E-state index contributed by atoms with van der Waals surface area (Å²) in [5.74, 6) is 0.181. The number of hydrogen-bond acceptors (Lipinski definition) is 3. The minimum atomic E-state index is -2.96. The molecule has 1 aliphatic rings. The smallest absolute Gasteiger partial charge is 0.227 e. The summed E-state index contributed by atoms with van der Waals surface area (Å²) in [5.41, 5.74) is 0. The Kier molecular flexibility index (Phi) is 2.51. The van der Waals surface area contributed by atoms with E-state index in [-0.39, 0.29) is 5.88 Å². The first kappa shape index (κ1) is 8.96. The Morgan fingerprint density at radius 1 is 1.36 bits per heavy atom. The van der Waals surface area contributed by atoms with E-state index in [1.165, 1.54) is 4.31 Å².